The summed E-state index contributed by atoms with van der Waals surface area (Å²) in [5.41, 5.74) is 3.04. The van der Waals surface area contributed by atoms with Crippen LogP contribution in [0.25, 0.3) is 11.1 Å². The average molecular weight is 605 g/mol. The quantitative estimate of drug-likeness (QED) is 0.253. The third-order valence-electron chi connectivity index (χ3n) is 7.80. The van der Waals surface area contributed by atoms with Crippen LogP contribution in [0.1, 0.15) is 51.4 Å². The number of aromatic nitrogens is 3. The topological polar surface area (TPSA) is 139 Å². The second kappa shape index (κ2) is 14.7. The first-order valence-electron chi connectivity index (χ1n) is 15.0. The molecule has 0 saturated carbocycles. The van der Waals surface area contributed by atoms with Gasteiger partial charge < -0.3 is 25.4 Å². The molecule has 1 aromatic heterocycles. The maximum absolute atomic E-state index is 14.1. The molecule has 1 fully saturated rings. The van der Waals surface area contributed by atoms with Crippen molar-refractivity contribution in [3.8, 4) is 11.1 Å². The lowest BCUT2D eigenvalue weighted by atomic mass is 9.85. The van der Waals surface area contributed by atoms with Crippen LogP contribution < -0.4 is 10.6 Å². The van der Waals surface area contributed by atoms with Crippen molar-refractivity contribution in [1.29, 1.82) is 0 Å². The van der Waals surface area contributed by atoms with Gasteiger partial charge in [-0.1, -0.05) is 80.6 Å². The Balaban J connectivity index is 1.47. The zero-order valence-electron chi connectivity index (χ0n) is 26.2. The monoisotopic (exact) mass is 604 g/mol. The molecule has 236 valence electrons. The Morgan fingerprint density at radius 1 is 1.07 bits per heavy atom. The van der Waals surface area contributed by atoms with Gasteiger partial charge in [-0.15, -0.1) is 5.10 Å². The lowest BCUT2D eigenvalue weighted by Gasteiger charge is -2.34. The van der Waals surface area contributed by atoms with Crippen molar-refractivity contribution in [2.24, 2.45) is 5.41 Å². The van der Waals surface area contributed by atoms with Crippen LogP contribution in [0.15, 0.2) is 60.8 Å². The van der Waals surface area contributed by atoms with E-state index >= 15 is 0 Å². The van der Waals surface area contributed by atoms with E-state index in [2.05, 4.69) is 20.9 Å². The molecular weight excluding hydrogens is 560 g/mol. The minimum Gasteiger partial charge on any atom is -0.391 e. The van der Waals surface area contributed by atoms with Gasteiger partial charge in [0.05, 0.1) is 31.6 Å². The number of ketones is 1. The van der Waals surface area contributed by atoms with E-state index in [-0.39, 0.29) is 31.3 Å². The molecule has 1 aliphatic heterocycles. The molecule has 2 heterocycles. The zero-order chi connectivity index (χ0) is 31.9. The van der Waals surface area contributed by atoms with Crippen LogP contribution in [-0.4, -0.2) is 87.5 Å². The highest BCUT2D eigenvalue weighted by Crippen LogP contribution is 2.34. The van der Waals surface area contributed by atoms with Crippen LogP contribution in [0.3, 0.4) is 0 Å². The first-order valence-corrected chi connectivity index (χ1v) is 15.0. The number of aliphatic hydroxyl groups excluding tert-OH is 1. The van der Waals surface area contributed by atoms with E-state index in [1.54, 1.807) is 6.20 Å². The number of nitrogens with one attached hydrogen (secondary N) is 2. The van der Waals surface area contributed by atoms with Gasteiger partial charge in [0, 0.05) is 19.5 Å². The molecule has 0 unspecified atom stereocenters. The molecule has 2 aromatic carbocycles. The van der Waals surface area contributed by atoms with E-state index < -0.39 is 35.6 Å². The molecule has 1 saturated heterocycles. The number of Topliss-reactive ketones (excluding diaryl/α,β-unsaturated/α-hetero) is 1. The fourth-order valence-corrected chi connectivity index (χ4v) is 5.46. The van der Waals surface area contributed by atoms with E-state index in [4.69, 9.17) is 4.74 Å². The predicted octanol–water partition coefficient (Wildman–Crippen LogP) is 2.55. The number of hydrogen-bond donors (Lipinski definition) is 3. The molecule has 1 aliphatic rings. The summed E-state index contributed by atoms with van der Waals surface area (Å²) < 4.78 is 7.11. The lowest BCUT2D eigenvalue weighted by Crippen LogP contribution is -2.53. The zero-order valence-corrected chi connectivity index (χ0v) is 26.2. The minimum atomic E-state index is -0.933. The number of nitrogens with zero attached hydrogens (tertiary/aromatic N) is 4. The van der Waals surface area contributed by atoms with Crippen molar-refractivity contribution < 1.29 is 24.2 Å². The Morgan fingerprint density at radius 3 is 2.39 bits per heavy atom. The van der Waals surface area contributed by atoms with Gasteiger partial charge in [0.15, 0.2) is 5.78 Å². The Bertz CT molecular complexity index is 1400. The number of ether oxygens (including phenoxy) is 1. The molecule has 0 radical (unpaired) electrons. The fourth-order valence-electron chi connectivity index (χ4n) is 5.46. The second-order valence-electron chi connectivity index (χ2n) is 12.4. The molecule has 0 spiro atoms. The van der Waals surface area contributed by atoms with E-state index in [1.807, 2.05) is 82.4 Å². The summed E-state index contributed by atoms with van der Waals surface area (Å²) in [6, 6.07) is 15.4. The van der Waals surface area contributed by atoms with Crippen LogP contribution >= 0.6 is 0 Å². The van der Waals surface area contributed by atoms with Crippen LogP contribution in [-0.2, 0) is 32.1 Å². The molecule has 2 amide bonds. The van der Waals surface area contributed by atoms with Gasteiger partial charge in [0.2, 0.25) is 11.8 Å². The summed E-state index contributed by atoms with van der Waals surface area (Å²) in [4.78, 5) is 41.7. The third kappa shape index (κ3) is 8.37. The number of rotatable bonds is 13. The number of amides is 2. The molecule has 0 bridgehead atoms. The summed E-state index contributed by atoms with van der Waals surface area (Å²) in [5.74, 6) is -1.01. The highest BCUT2D eigenvalue weighted by molar-refractivity contribution is 5.93. The maximum Gasteiger partial charge on any atom is 0.248 e. The van der Waals surface area contributed by atoms with Crippen molar-refractivity contribution in [2.45, 2.75) is 71.4 Å². The van der Waals surface area contributed by atoms with Crippen LogP contribution in [0.5, 0.6) is 0 Å². The van der Waals surface area contributed by atoms with Gasteiger partial charge in [0.1, 0.15) is 17.8 Å². The normalized spacial score (nSPS) is 18.2. The number of hydrogen-bond acceptors (Lipinski definition) is 8. The van der Waals surface area contributed by atoms with E-state index in [0.29, 0.717) is 25.3 Å². The van der Waals surface area contributed by atoms with E-state index in [0.717, 1.165) is 16.7 Å². The summed E-state index contributed by atoms with van der Waals surface area (Å²) in [7, 11) is 1.84. The number of β-amino-alcohol motifs (C(OH)–C–C–N with tert-alkyl or cyclic N) is 1. The number of likely N-dealkylation sites (N-methyl/N-ethyl adjacent to an activating group) is 1. The highest BCUT2D eigenvalue weighted by atomic mass is 16.5. The van der Waals surface area contributed by atoms with Gasteiger partial charge in [-0.3, -0.25) is 14.4 Å². The van der Waals surface area contributed by atoms with Crippen molar-refractivity contribution in [3.05, 3.63) is 72.1 Å². The number of benzene rings is 2. The summed E-state index contributed by atoms with van der Waals surface area (Å²) in [5, 5.41) is 24.8. The minimum absolute atomic E-state index is 0.00384. The number of carbonyl (C=O) groups is 3. The maximum atomic E-state index is 14.1. The molecule has 3 N–H and O–H groups in total. The van der Waals surface area contributed by atoms with E-state index in [9.17, 15) is 19.5 Å². The molecule has 4 rings (SSSR count). The Labute approximate surface area is 259 Å². The summed E-state index contributed by atoms with van der Waals surface area (Å²) >= 11 is 0. The van der Waals surface area contributed by atoms with Crippen molar-refractivity contribution in [3.63, 3.8) is 0 Å². The lowest BCUT2D eigenvalue weighted by molar-refractivity contribution is -0.144. The molecule has 44 heavy (non-hydrogen) atoms. The number of aliphatic hydroxyl groups is 1. The van der Waals surface area contributed by atoms with Gasteiger partial charge in [0.25, 0.3) is 0 Å². The molecule has 0 aliphatic carbocycles. The third-order valence-corrected chi connectivity index (χ3v) is 7.80. The smallest absolute Gasteiger partial charge is 0.248 e. The molecule has 3 aromatic rings. The molecule has 11 nitrogen and oxygen atoms in total. The van der Waals surface area contributed by atoms with Crippen molar-refractivity contribution >= 4 is 17.6 Å². The largest absolute Gasteiger partial charge is 0.391 e. The molecule has 4 atom stereocenters. The number of likely N-dealkylation sites (tertiary alicyclic amines) is 1. The van der Waals surface area contributed by atoms with Gasteiger partial charge in [-0.2, -0.15) is 0 Å². The standard InChI is InChI=1S/C33H44N6O5/c1-22(40)28(17-23-11-13-25(14-12-23)24-9-7-6-8-10-24)35-31(42)29-18-27(41)20-38(29)32(43)30(33(2,3)4)39-19-26(36-37-39)21-44-16-15-34-5/h6-14,19,27-30,34,41H,15-18,20-21H2,1-5H3,(H,35,42)/t27-,28-,29+,30-/m1/s1. The van der Waals surface area contributed by atoms with Gasteiger partial charge >= 0.3 is 0 Å². The molecule has 11 heteroatoms. The fraction of sp³-hybridized carbons (Fsp3) is 0.485. The Kier molecular flexibility index (Phi) is 11.0. The highest BCUT2D eigenvalue weighted by Gasteiger charge is 2.45. The van der Waals surface area contributed by atoms with Crippen LogP contribution in [0.2, 0.25) is 0 Å². The molecular formula is C33H44N6O5. The number of carbonyl (C=O) groups excluding carboxylic acids is 3. The van der Waals surface area contributed by atoms with Crippen LogP contribution in [0.4, 0.5) is 0 Å². The van der Waals surface area contributed by atoms with E-state index in [1.165, 1.54) is 16.5 Å². The van der Waals surface area contributed by atoms with Crippen molar-refractivity contribution in [1.82, 2.24) is 30.5 Å². The van der Waals surface area contributed by atoms with Crippen LogP contribution in [0, 0.1) is 5.41 Å². The Morgan fingerprint density at radius 2 is 1.75 bits per heavy atom. The summed E-state index contributed by atoms with van der Waals surface area (Å²) in [6.07, 6.45) is 1.20. The predicted molar refractivity (Wildman–Crippen MR) is 166 cm³/mol. The first kappa shape index (κ1) is 33.0. The van der Waals surface area contributed by atoms with Crippen molar-refractivity contribution in [2.75, 3.05) is 26.7 Å². The van der Waals surface area contributed by atoms with Gasteiger partial charge in [-0.05, 0) is 42.5 Å². The SMILES string of the molecule is CNCCOCc1cn([C@H](C(=O)N2C[C@H](O)C[C@H]2C(=O)N[C@H](Cc2ccc(-c3ccccc3)cc2)C(C)=O)C(C)(C)C)nn1. The Hall–Kier alpha value is -3.93. The average Bonchev–Trinajstić information content (AvgIpc) is 3.61. The van der Waals surface area contributed by atoms with Gasteiger partial charge in [-0.25, -0.2) is 4.68 Å². The first-order chi connectivity index (χ1) is 21.0. The summed E-state index contributed by atoms with van der Waals surface area (Å²) in [6.45, 7) is 8.64. The second-order valence-corrected chi connectivity index (χ2v) is 12.4.